The molecular formula is C6H10CaN2O3S. The maximum absolute atomic E-state index is 10.3. The van der Waals surface area contributed by atoms with E-state index in [1.165, 1.54) is 12.1 Å². The minimum atomic E-state index is -4.20. The second-order valence-corrected chi connectivity index (χ2v) is 3.36. The van der Waals surface area contributed by atoms with Gasteiger partial charge in [0.25, 0.3) is 0 Å². The Kier molecular flexibility index (Phi) is 5.01. The summed E-state index contributed by atoms with van der Waals surface area (Å²) < 4.78 is 30.9. The topological polar surface area (TPSA) is 92.4 Å². The van der Waals surface area contributed by atoms with Gasteiger partial charge in [-0.1, -0.05) is 6.07 Å². The van der Waals surface area contributed by atoms with Gasteiger partial charge in [0.2, 0.25) is 0 Å². The van der Waals surface area contributed by atoms with E-state index in [9.17, 15) is 8.42 Å². The van der Waals surface area contributed by atoms with Crippen molar-refractivity contribution in [3.63, 3.8) is 0 Å². The number of nitrogen functional groups attached to an aromatic ring is 1. The molecule has 1 rings (SSSR count). The third-order valence-corrected chi connectivity index (χ3v) is 1.63. The van der Waals surface area contributed by atoms with Crippen molar-refractivity contribution in [3.05, 3.63) is 24.3 Å². The summed E-state index contributed by atoms with van der Waals surface area (Å²) in [6.45, 7) is 0. The van der Waals surface area contributed by atoms with E-state index in [2.05, 4.69) is 0 Å². The van der Waals surface area contributed by atoms with Gasteiger partial charge in [-0.3, -0.25) is 9.27 Å². The first-order valence-corrected chi connectivity index (χ1v) is 4.52. The zero-order valence-corrected chi connectivity index (χ0v) is 6.88. The summed E-state index contributed by atoms with van der Waals surface area (Å²) in [4.78, 5) is 0. The molecule has 5 nitrogen and oxygen atoms in total. The predicted molar refractivity (Wildman–Crippen MR) is 54.6 cm³/mol. The van der Waals surface area contributed by atoms with Crippen LogP contribution in [0.15, 0.2) is 24.3 Å². The summed E-state index contributed by atoms with van der Waals surface area (Å²) in [5, 5.41) is 0. The molecule has 1 aromatic carbocycles. The van der Waals surface area contributed by atoms with Gasteiger partial charge < -0.3 is 5.73 Å². The molecule has 4 N–H and O–H groups in total. The van der Waals surface area contributed by atoms with E-state index < -0.39 is 10.3 Å². The summed E-state index contributed by atoms with van der Waals surface area (Å²) >= 11 is 0. The van der Waals surface area contributed by atoms with Crippen molar-refractivity contribution in [1.82, 2.24) is 0 Å². The quantitative estimate of drug-likeness (QED) is 0.365. The molecule has 13 heavy (non-hydrogen) atoms. The number of nitrogens with two attached hydrogens (primary N) is 1. The van der Waals surface area contributed by atoms with Crippen LogP contribution in [0.25, 0.3) is 0 Å². The number of rotatable bonds is 2. The Morgan fingerprint density at radius 2 is 2.00 bits per heavy atom. The van der Waals surface area contributed by atoms with E-state index >= 15 is 0 Å². The number of nitrogens with one attached hydrogen (secondary N) is 1. The second-order valence-electron chi connectivity index (χ2n) is 2.20. The fourth-order valence-electron chi connectivity index (χ4n) is 0.751. The van der Waals surface area contributed by atoms with Crippen molar-refractivity contribution in [1.29, 1.82) is 0 Å². The van der Waals surface area contributed by atoms with E-state index in [1.54, 1.807) is 12.1 Å². The summed E-state index contributed by atoms with van der Waals surface area (Å²) in [7, 11) is -4.20. The molecule has 0 bridgehead atoms. The fraction of sp³-hybridized carbons (Fsp3) is 0. The van der Waals surface area contributed by atoms with Crippen molar-refractivity contribution in [2.75, 3.05) is 10.5 Å². The fourth-order valence-corrected chi connectivity index (χ4v) is 1.18. The van der Waals surface area contributed by atoms with Crippen molar-refractivity contribution >= 4 is 59.4 Å². The summed E-state index contributed by atoms with van der Waals surface area (Å²) in [5.74, 6) is 0. The first-order chi connectivity index (χ1) is 5.47. The first-order valence-electron chi connectivity index (χ1n) is 3.08. The van der Waals surface area contributed by atoms with Crippen LogP contribution >= 0.6 is 0 Å². The van der Waals surface area contributed by atoms with Gasteiger partial charge in [0.05, 0.1) is 5.69 Å². The summed E-state index contributed by atoms with van der Waals surface area (Å²) in [6, 6.07) is 6.05. The second kappa shape index (κ2) is 5.02. The Balaban J connectivity index is 0.00000144. The SMILES string of the molecule is Nc1cccc(NS(=O)(=O)O)c1.[CaH2]. The van der Waals surface area contributed by atoms with Gasteiger partial charge in [-0.2, -0.15) is 8.42 Å². The number of hydrogen-bond acceptors (Lipinski definition) is 3. The molecule has 7 heteroatoms. The molecule has 70 valence electrons. The molecule has 0 heterocycles. The normalized spacial score (nSPS) is 10.2. The Morgan fingerprint density at radius 1 is 1.38 bits per heavy atom. The molecule has 0 aromatic heterocycles. The zero-order chi connectivity index (χ0) is 9.19. The van der Waals surface area contributed by atoms with Crippen LogP contribution in [0.2, 0.25) is 0 Å². The Hall–Kier alpha value is -0.0103. The molecule has 1 aromatic rings. The van der Waals surface area contributed by atoms with Crippen LogP contribution in [0, 0.1) is 0 Å². The van der Waals surface area contributed by atoms with Crippen LogP contribution in [0.5, 0.6) is 0 Å². The molecule has 0 unspecified atom stereocenters. The van der Waals surface area contributed by atoms with Crippen LogP contribution in [0.3, 0.4) is 0 Å². The zero-order valence-electron chi connectivity index (χ0n) is 6.06. The van der Waals surface area contributed by atoms with Crippen LogP contribution < -0.4 is 10.5 Å². The van der Waals surface area contributed by atoms with Crippen LogP contribution in [-0.2, 0) is 10.3 Å². The first kappa shape index (κ1) is 13.0. The molecule has 0 amide bonds. The van der Waals surface area contributed by atoms with Crippen molar-refractivity contribution < 1.29 is 13.0 Å². The molecule has 0 fully saturated rings. The number of anilines is 2. The van der Waals surface area contributed by atoms with Crippen molar-refractivity contribution in [2.45, 2.75) is 0 Å². The van der Waals surface area contributed by atoms with E-state index in [-0.39, 0.29) is 43.4 Å². The maximum atomic E-state index is 10.3. The third-order valence-electron chi connectivity index (χ3n) is 1.13. The Bertz CT molecular complexity index is 379. The van der Waals surface area contributed by atoms with Crippen LogP contribution in [0.1, 0.15) is 0 Å². The van der Waals surface area contributed by atoms with E-state index in [1.807, 2.05) is 4.72 Å². The minimum absolute atomic E-state index is 0. The molecule has 0 aliphatic heterocycles. The summed E-state index contributed by atoms with van der Waals surface area (Å²) in [5.41, 5.74) is 6.01. The van der Waals surface area contributed by atoms with E-state index in [0.717, 1.165) is 0 Å². The summed E-state index contributed by atoms with van der Waals surface area (Å²) in [6.07, 6.45) is 0. The number of hydrogen-bond donors (Lipinski definition) is 3. The van der Waals surface area contributed by atoms with Gasteiger partial charge in [0.15, 0.2) is 0 Å². The monoisotopic (exact) mass is 230 g/mol. The third kappa shape index (κ3) is 5.33. The van der Waals surface area contributed by atoms with Gasteiger partial charge >= 0.3 is 48.0 Å². The average Bonchev–Trinajstić information content (AvgIpc) is 1.82. The van der Waals surface area contributed by atoms with Gasteiger partial charge in [-0.25, -0.2) is 0 Å². The molecule has 0 radical (unpaired) electrons. The Morgan fingerprint density at radius 3 is 2.46 bits per heavy atom. The molecule has 0 spiro atoms. The van der Waals surface area contributed by atoms with Crippen LogP contribution in [0.4, 0.5) is 11.4 Å². The molecule has 0 atom stereocenters. The molecule has 0 aliphatic carbocycles. The van der Waals surface area contributed by atoms with E-state index in [4.69, 9.17) is 10.3 Å². The van der Waals surface area contributed by atoms with E-state index in [0.29, 0.717) is 5.69 Å². The molecule has 0 saturated carbocycles. The molecular weight excluding hydrogens is 220 g/mol. The van der Waals surface area contributed by atoms with Gasteiger partial charge in [-0.05, 0) is 18.2 Å². The van der Waals surface area contributed by atoms with Gasteiger partial charge in [0.1, 0.15) is 0 Å². The van der Waals surface area contributed by atoms with Crippen LogP contribution in [-0.4, -0.2) is 50.7 Å². The standard InChI is InChI=1S/C6H8N2O3S.Ca.2H/c7-5-2-1-3-6(4-5)8-12(9,10)11;;;/h1-4,8H,7H2,(H,9,10,11);;;. The Labute approximate surface area is 106 Å². The average molecular weight is 230 g/mol. The van der Waals surface area contributed by atoms with Crippen molar-refractivity contribution in [2.24, 2.45) is 0 Å². The van der Waals surface area contributed by atoms with Gasteiger partial charge in [0, 0.05) is 5.69 Å². The number of benzene rings is 1. The predicted octanol–water partition coefficient (Wildman–Crippen LogP) is -0.433. The van der Waals surface area contributed by atoms with Crippen molar-refractivity contribution in [3.8, 4) is 0 Å². The molecule has 0 aliphatic rings. The molecule has 0 saturated heterocycles. The van der Waals surface area contributed by atoms with Gasteiger partial charge in [-0.15, -0.1) is 0 Å².